The van der Waals surface area contributed by atoms with E-state index in [2.05, 4.69) is 0 Å². The molecule has 0 saturated carbocycles. The maximum absolute atomic E-state index is 12.3. The second-order valence-corrected chi connectivity index (χ2v) is 5.56. The van der Waals surface area contributed by atoms with E-state index in [0.717, 1.165) is 4.31 Å². The number of morpholine rings is 1. The maximum Gasteiger partial charge on any atom is 0.350 e. The molecule has 0 aromatic rings. The van der Waals surface area contributed by atoms with Crippen molar-refractivity contribution in [2.45, 2.75) is 24.9 Å². The first-order valence-electron chi connectivity index (χ1n) is 4.36. The number of hydrogen-bond acceptors (Lipinski definition) is 3. The van der Waals surface area contributed by atoms with Crippen LogP contribution in [0, 0.1) is 0 Å². The minimum absolute atomic E-state index is 0.0555. The second kappa shape index (κ2) is 4.90. The van der Waals surface area contributed by atoms with Crippen LogP contribution in [0.1, 0.15) is 6.92 Å². The fourth-order valence-corrected chi connectivity index (χ4v) is 2.60. The van der Waals surface area contributed by atoms with Crippen molar-refractivity contribution in [1.82, 2.24) is 4.31 Å². The lowest BCUT2D eigenvalue weighted by Crippen LogP contribution is -2.51. The van der Waals surface area contributed by atoms with Crippen LogP contribution in [-0.4, -0.2) is 49.7 Å². The first-order chi connectivity index (χ1) is 6.87. The van der Waals surface area contributed by atoms with Gasteiger partial charge in [0.25, 0.3) is 10.0 Å². The molecule has 1 fully saturated rings. The molecule has 1 saturated heterocycles. The van der Waals surface area contributed by atoms with Crippen molar-refractivity contribution in [2.75, 3.05) is 19.0 Å². The zero-order valence-corrected chi connectivity index (χ0v) is 9.64. The largest absolute Gasteiger partial charge is 0.371 e. The van der Waals surface area contributed by atoms with Gasteiger partial charge in [-0.05, 0) is 6.92 Å². The maximum atomic E-state index is 12.3. The van der Waals surface area contributed by atoms with Crippen molar-refractivity contribution in [3.05, 3.63) is 0 Å². The third-order valence-electron chi connectivity index (χ3n) is 2.05. The lowest BCUT2D eigenvalue weighted by atomic mass is 10.3. The summed E-state index contributed by atoms with van der Waals surface area (Å²) in [6.07, 6.45) is -0.944. The second-order valence-electron chi connectivity index (χ2n) is 3.35. The molecule has 0 N–H and O–H groups in total. The van der Waals surface area contributed by atoms with Crippen molar-refractivity contribution in [3.8, 4) is 0 Å². The van der Waals surface area contributed by atoms with E-state index in [1.165, 1.54) is 0 Å². The van der Waals surface area contributed by atoms with E-state index in [9.17, 15) is 17.2 Å². The Morgan fingerprint density at radius 3 is 2.60 bits per heavy atom. The van der Waals surface area contributed by atoms with Gasteiger partial charge in [-0.15, -0.1) is 11.6 Å². The van der Waals surface area contributed by atoms with E-state index in [1.807, 2.05) is 0 Å². The Morgan fingerprint density at radius 1 is 1.53 bits per heavy atom. The zero-order valence-electron chi connectivity index (χ0n) is 8.07. The van der Waals surface area contributed by atoms with Crippen LogP contribution in [0.15, 0.2) is 0 Å². The number of sulfonamides is 1. The highest BCUT2D eigenvalue weighted by Crippen LogP contribution is 2.19. The van der Waals surface area contributed by atoms with Gasteiger partial charge < -0.3 is 4.74 Å². The van der Waals surface area contributed by atoms with Gasteiger partial charge in [0.1, 0.15) is 0 Å². The van der Waals surface area contributed by atoms with Gasteiger partial charge in [-0.1, -0.05) is 0 Å². The third-order valence-corrected chi connectivity index (χ3v) is 3.86. The predicted molar refractivity (Wildman–Crippen MR) is 51.6 cm³/mol. The van der Waals surface area contributed by atoms with Crippen LogP contribution in [0.2, 0.25) is 0 Å². The average Bonchev–Trinajstić information content (AvgIpc) is 2.16. The summed E-state index contributed by atoms with van der Waals surface area (Å²) in [6, 6.07) is 0. The molecule has 0 aromatic heterocycles. The standard InChI is InChI=1S/C7H12ClF2NO3S/c1-5-3-11(4-6(2-8)14-5)15(12,13)7(9)10/h5-7H,2-4H2,1H3. The molecule has 8 heteroatoms. The van der Waals surface area contributed by atoms with Crippen LogP contribution in [0.3, 0.4) is 0 Å². The summed E-state index contributed by atoms with van der Waals surface area (Å²) < 4.78 is 52.8. The predicted octanol–water partition coefficient (Wildman–Crippen LogP) is 0.867. The van der Waals surface area contributed by atoms with Crippen molar-refractivity contribution in [1.29, 1.82) is 0 Å². The number of ether oxygens (including phenoxy) is 1. The Balaban J connectivity index is 2.78. The summed E-state index contributed by atoms with van der Waals surface area (Å²) >= 11 is 5.51. The highest BCUT2D eigenvalue weighted by molar-refractivity contribution is 7.89. The molecular formula is C7H12ClF2NO3S. The summed E-state index contributed by atoms with van der Waals surface area (Å²) in [4.78, 5) is 0. The molecule has 1 rings (SSSR count). The minimum Gasteiger partial charge on any atom is -0.371 e. The fraction of sp³-hybridized carbons (Fsp3) is 1.00. The van der Waals surface area contributed by atoms with Crippen LogP contribution < -0.4 is 0 Å². The molecule has 0 bridgehead atoms. The first-order valence-corrected chi connectivity index (χ1v) is 6.40. The highest BCUT2D eigenvalue weighted by Gasteiger charge is 2.37. The van der Waals surface area contributed by atoms with Gasteiger partial charge in [-0.3, -0.25) is 0 Å². The zero-order chi connectivity index (χ0) is 11.6. The summed E-state index contributed by atoms with van der Waals surface area (Å²) in [5.74, 6) is -3.31. The number of alkyl halides is 3. The number of hydrogen-bond donors (Lipinski definition) is 0. The van der Waals surface area contributed by atoms with E-state index in [4.69, 9.17) is 16.3 Å². The van der Waals surface area contributed by atoms with E-state index in [1.54, 1.807) is 6.92 Å². The molecule has 0 amide bonds. The molecule has 90 valence electrons. The molecule has 2 unspecified atom stereocenters. The van der Waals surface area contributed by atoms with Gasteiger partial charge in [0, 0.05) is 19.0 Å². The number of halogens is 3. The Kier molecular flexibility index (Phi) is 4.28. The van der Waals surface area contributed by atoms with Crippen LogP contribution >= 0.6 is 11.6 Å². The topological polar surface area (TPSA) is 46.6 Å². The Bertz CT molecular complexity index is 311. The molecule has 15 heavy (non-hydrogen) atoms. The van der Waals surface area contributed by atoms with Gasteiger partial charge in [-0.2, -0.15) is 13.1 Å². The van der Waals surface area contributed by atoms with Gasteiger partial charge in [0.15, 0.2) is 0 Å². The molecule has 1 aliphatic heterocycles. The van der Waals surface area contributed by atoms with Crippen LogP contribution in [0.4, 0.5) is 8.78 Å². The van der Waals surface area contributed by atoms with Crippen LogP contribution in [0.5, 0.6) is 0 Å². The molecule has 0 radical (unpaired) electrons. The average molecular weight is 264 g/mol. The molecule has 1 aliphatic rings. The monoisotopic (exact) mass is 263 g/mol. The fourth-order valence-electron chi connectivity index (χ4n) is 1.41. The van der Waals surface area contributed by atoms with Gasteiger partial charge in [0.05, 0.1) is 12.2 Å². The Labute approximate surface area is 92.2 Å². The molecule has 4 nitrogen and oxygen atoms in total. The first kappa shape index (κ1) is 13.1. The van der Waals surface area contributed by atoms with Gasteiger partial charge in [0.2, 0.25) is 0 Å². The molecule has 2 atom stereocenters. The molecular weight excluding hydrogens is 252 g/mol. The SMILES string of the molecule is CC1CN(S(=O)(=O)C(F)F)CC(CCl)O1. The third kappa shape index (κ3) is 2.99. The van der Waals surface area contributed by atoms with Crippen molar-refractivity contribution in [3.63, 3.8) is 0 Å². The van der Waals surface area contributed by atoms with Crippen LogP contribution in [-0.2, 0) is 14.8 Å². The molecule has 0 spiro atoms. The lowest BCUT2D eigenvalue weighted by molar-refractivity contribution is -0.0436. The Hall–Kier alpha value is 0.0200. The molecule has 1 heterocycles. The van der Waals surface area contributed by atoms with Gasteiger partial charge >= 0.3 is 5.76 Å². The molecule has 0 aromatic carbocycles. The summed E-state index contributed by atoms with van der Waals surface area (Å²) in [5, 5.41) is 0. The van der Waals surface area contributed by atoms with Gasteiger partial charge in [-0.25, -0.2) is 8.42 Å². The van der Waals surface area contributed by atoms with E-state index in [0.29, 0.717) is 0 Å². The van der Waals surface area contributed by atoms with Crippen molar-refractivity contribution >= 4 is 21.6 Å². The van der Waals surface area contributed by atoms with E-state index < -0.39 is 28.0 Å². The quantitative estimate of drug-likeness (QED) is 0.710. The minimum atomic E-state index is -4.51. The highest BCUT2D eigenvalue weighted by atomic mass is 35.5. The number of rotatable bonds is 3. The van der Waals surface area contributed by atoms with E-state index >= 15 is 0 Å². The summed E-state index contributed by atoms with van der Waals surface area (Å²) in [6.45, 7) is 1.45. The van der Waals surface area contributed by atoms with Crippen LogP contribution in [0.25, 0.3) is 0 Å². The Morgan fingerprint density at radius 2 is 2.13 bits per heavy atom. The summed E-state index contributed by atoms with van der Waals surface area (Å²) in [5.41, 5.74) is 0. The van der Waals surface area contributed by atoms with Crippen molar-refractivity contribution in [2.24, 2.45) is 0 Å². The molecule has 0 aliphatic carbocycles. The summed E-state index contributed by atoms with van der Waals surface area (Å²) in [7, 11) is -4.51. The lowest BCUT2D eigenvalue weighted by Gasteiger charge is -2.34. The van der Waals surface area contributed by atoms with E-state index in [-0.39, 0.29) is 19.0 Å². The van der Waals surface area contributed by atoms with Crippen molar-refractivity contribution < 1.29 is 21.9 Å². The normalized spacial score (nSPS) is 29.7. The smallest absolute Gasteiger partial charge is 0.350 e. The number of nitrogens with zero attached hydrogens (tertiary/aromatic N) is 1.